The lowest BCUT2D eigenvalue weighted by atomic mass is 9.48. The minimum Gasteiger partial charge on any atom is -0.390 e. The molecule has 4 bridgehead atoms. The lowest BCUT2D eigenvalue weighted by molar-refractivity contribution is -0.152. The van der Waals surface area contributed by atoms with Crippen molar-refractivity contribution in [3.05, 3.63) is 0 Å². The van der Waals surface area contributed by atoms with Gasteiger partial charge in [0.25, 0.3) is 0 Å². The molecule has 1 saturated heterocycles. The fourth-order valence-electron chi connectivity index (χ4n) is 5.83. The van der Waals surface area contributed by atoms with E-state index < -0.39 is 0 Å². The van der Waals surface area contributed by atoms with Crippen molar-refractivity contribution in [1.82, 2.24) is 0 Å². The number of hydrogen-bond acceptors (Lipinski definition) is 3. The van der Waals surface area contributed by atoms with Crippen molar-refractivity contribution < 1.29 is 14.6 Å². The Hall–Kier alpha value is -0.120. The average Bonchev–Trinajstić information content (AvgIpc) is 2.44. The van der Waals surface area contributed by atoms with Crippen molar-refractivity contribution in [3.8, 4) is 0 Å². The maximum Gasteiger partial charge on any atom is 0.0830 e. The van der Waals surface area contributed by atoms with E-state index in [1.807, 2.05) is 0 Å². The van der Waals surface area contributed by atoms with Crippen LogP contribution in [-0.4, -0.2) is 37.1 Å². The molecule has 3 heteroatoms. The van der Waals surface area contributed by atoms with Gasteiger partial charge in [-0.3, -0.25) is 0 Å². The third-order valence-electron chi connectivity index (χ3n) is 6.45. The highest BCUT2D eigenvalue weighted by atomic mass is 16.5. The summed E-state index contributed by atoms with van der Waals surface area (Å²) in [7, 11) is 0. The summed E-state index contributed by atoms with van der Waals surface area (Å²) in [6.45, 7) is 2.19. The van der Waals surface area contributed by atoms with Gasteiger partial charge in [0.15, 0.2) is 0 Å². The van der Waals surface area contributed by atoms with Crippen LogP contribution in [0.15, 0.2) is 0 Å². The van der Waals surface area contributed by atoms with E-state index in [1.54, 1.807) is 0 Å². The average molecular weight is 280 g/mol. The van der Waals surface area contributed by atoms with E-state index in [0.29, 0.717) is 12.7 Å². The number of rotatable bonds is 4. The number of aliphatic hydroxyl groups is 1. The highest BCUT2D eigenvalue weighted by Crippen LogP contribution is 2.61. The summed E-state index contributed by atoms with van der Waals surface area (Å²) < 4.78 is 11.4. The van der Waals surface area contributed by atoms with E-state index in [-0.39, 0.29) is 11.5 Å². The van der Waals surface area contributed by atoms with Gasteiger partial charge in [-0.2, -0.15) is 0 Å². The summed E-state index contributed by atoms with van der Waals surface area (Å²) in [4.78, 5) is 0. The Morgan fingerprint density at radius 3 is 2.10 bits per heavy atom. The second-order valence-corrected chi connectivity index (χ2v) is 7.94. The van der Waals surface area contributed by atoms with Crippen molar-refractivity contribution in [2.75, 3.05) is 19.8 Å². The molecule has 0 aromatic carbocycles. The van der Waals surface area contributed by atoms with Gasteiger partial charge in [-0.1, -0.05) is 0 Å². The maximum atomic E-state index is 10.8. The van der Waals surface area contributed by atoms with Crippen LogP contribution in [0, 0.1) is 23.2 Å². The molecule has 3 nitrogen and oxygen atoms in total. The van der Waals surface area contributed by atoms with E-state index in [0.717, 1.165) is 43.8 Å². The van der Waals surface area contributed by atoms with Gasteiger partial charge in [-0.05, 0) is 74.5 Å². The summed E-state index contributed by atoms with van der Waals surface area (Å²) in [6, 6.07) is 0. The molecule has 5 fully saturated rings. The van der Waals surface area contributed by atoms with Crippen LogP contribution < -0.4 is 0 Å². The lowest BCUT2D eigenvalue weighted by Crippen LogP contribution is -2.53. The third kappa shape index (κ3) is 2.42. The Morgan fingerprint density at radius 1 is 1.00 bits per heavy atom. The highest BCUT2D eigenvalue weighted by molar-refractivity contribution is 5.04. The van der Waals surface area contributed by atoms with Crippen LogP contribution >= 0.6 is 0 Å². The van der Waals surface area contributed by atoms with Gasteiger partial charge in [0, 0.05) is 13.2 Å². The van der Waals surface area contributed by atoms with Crippen LogP contribution in [0.25, 0.3) is 0 Å². The van der Waals surface area contributed by atoms with Crippen LogP contribution in [0.3, 0.4) is 0 Å². The Bertz CT molecular complexity index is 313. The molecule has 1 unspecified atom stereocenters. The monoisotopic (exact) mass is 280 g/mol. The van der Waals surface area contributed by atoms with Gasteiger partial charge >= 0.3 is 0 Å². The number of aliphatic hydroxyl groups excluding tert-OH is 1. The topological polar surface area (TPSA) is 38.7 Å². The summed E-state index contributed by atoms with van der Waals surface area (Å²) in [5.74, 6) is 2.71. The Balaban J connectivity index is 1.36. The number of ether oxygens (including phenoxy) is 2. The molecular formula is C17H28O3. The Kier molecular flexibility index (Phi) is 3.56. The highest BCUT2D eigenvalue weighted by Gasteiger charge is 2.54. The minimum atomic E-state index is -0.237. The molecule has 114 valence electrons. The first-order valence-electron chi connectivity index (χ1n) is 8.61. The van der Waals surface area contributed by atoms with Crippen molar-refractivity contribution in [2.45, 2.75) is 63.6 Å². The predicted molar refractivity (Wildman–Crippen MR) is 76.4 cm³/mol. The molecule has 1 atom stereocenters. The van der Waals surface area contributed by atoms with Crippen LogP contribution in [0.5, 0.6) is 0 Å². The molecule has 5 rings (SSSR count). The van der Waals surface area contributed by atoms with E-state index in [9.17, 15) is 5.11 Å². The summed E-state index contributed by atoms with van der Waals surface area (Å²) >= 11 is 0. The molecule has 0 aromatic rings. The minimum absolute atomic E-state index is 0.208. The second-order valence-electron chi connectivity index (χ2n) is 7.94. The zero-order valence-electron chi connectivity index (χ0n) is 12.4. The van der Waals surface area contributed by atoms with E-state index in [4.69, 9.17) is 9.47 Å². The fraction of sp³-hybridized carbons (Fsp3) is 1.00. The number of hydrogen-bond donors (Lipinski definition) is 1. The van der Waals surface area contributed by atoms with E-state index in [2.05, 4.69) is 0 Å². The van der Waals surface area contributed by atoms with Crippen LogP contribution in [-0.2, 0) is 9.47 Å². The molecule has 1 heterocycles. The molecule has 0 aromatic heterocycles. The SMILES string of the molecule is OC(COC1CCOCC1)C12CC3CC(CC(C3)C1)C2. The van der Waals surface area contributed by atoms with Gasteiger partial charge in [-0.15, -0.1) is 0 Å². The fourth-order valence-corrected chi connectivity index (χ4v) is 5.83. The molecule has 20 heavy (non-hydrogen) atoms. The Morgan fingerprint density at radius 2 is 1.55 bits per heavy atom. The molecule has 0 spiro atoms. The van der Waals surface area contributed by atoms with Gasteiger partial charge < -0.3 is 14.6 Å². The maximum absolute atomic E-state index is 10.8. The molecule has 4 aliphatic carbocycles. The zero-order valence-corrected chi connectivity index (χ0v) is 12.4. The van der Waals surface area contributed by atoms with Gasteiger partial charge in [0.1, 0.15) is 0 Å². The first-order chi connectivity index (χ1) is 9.73. The molecular weight excluding hydrogens is 252 g/mol. The quantitative estimate of drug-likeness (QED) is 0.860. The zero-order chi connectivity index (χ0) is 13.6. The van der Waals surface area contributed by atoms with Crippen LogP contribution in [0.1, 0.15) is 51.4 Å². The van der Waals surface area contributed by atoms with Gasteiger partial charge in [0.2, 0.25) is 0 Å². The Labute approximate surface area is 122 Å². The normalized spacial score (nSPS) is 45.8. The smallest absolute Gasteiger partial charge is 0.0830 e. The van der Waals surface area contributed by atoms with E-state index in [1.165, 1.54) is 38.5 Å². The first kappa shape index (κ1) is 13.5. The molecule has 0 amide bonds. The lowest BCUT2D eigenvalue weighted by Gasteiger charge is -2.58. The molecule has 1 aliphatic heterocycles. The largest absolute Gasteiger partial charge is 0.390 e. The van der Waals surface area contributed by atoms with Crippen molar-refractivity contribution in [1.29, 1.82) is 0 Å². The van der Waals surface area contributed by atoms with Gasteiger partial charge in [0.05, 0.1) is 18.8 Å². The van der Waals surface area contributed by atoms with Crippen molar-refractivity contribution in [3.63, 3.8) is 0 Å². The summed E-state index contributed by atoms with van der Waals surface area (Å²) in [6.07, 6.45) is 10.2. The second kappa shape index (κ2) is 5.26. The van der Waals surface area contributed by atoms with Crippen molar-refractivity contribution >= 4 is 0 Å². The van der Waals surface area contributed by atoms with Crippen LogP contribution in [0.4, 0.5) is 0 Å². The predicted octanol–water partition coefficient (Wildman–Crippen LogP) is 2.76. The van der Waals surface area contributed by atoms with E-state index >= 15 is 0 Å². The molecule has 5 aliphatic rings. The van der Waals surface area contributed by atoms with Crippen molar-refractivity contribution in [2.24, 2.45) is 23.2 Å². The molecule has 1 N–H and O–H groups in total. The third-order valence-corrected chi connectivity index (χ3v) is 6.45. The summed E-state index contributed by atoms with van der Waals surface area (Å²) in [5, 5.41) is 10.8. The molecule has 0 radical (unpaired) electrons. The standard InChI is InChI=1S/C17H28O3/c18-16(11-20-15-1-3-19-4-2-15)17-8-12-5-13(9-17)7-14(6-12)10-17/h12-16,18H,1-11H2. The summed E-state index contributed by atoms with van der Waals surface area (Å²) in [5.41, 5.74) is 0.208. The molecule has 4 saturated carbocycles. The van der Waals surface area contributed by atoms with Crippen LogP contribution in [0.2, 0.25) is 0 Å². The first-order valence-corrected chi connectivity index (χ1v) is 8.61. The van der Waals surface area contributed by atoms with Gasteiger partial charge in [-0.25, -0.2) is 0 Å².